The molecule has 1 aliphatic carbocycles. The van der Waals surface area contributed by atoms with Gasteiger partial charge in [0.1, 0.15) is 12.1 Å². The van der Waals surface area contributed by atoms with E-state index in [0.29, 0.717) is 30.4 Å². The number of likely N-dealkylation sites (tertiary alicyclic amines) is 1. The maximum absolute atomic E-state index is 14.0. The molecule has 5 N–H and O–H groups in total. The molecule has 4 atom stereocenters. The fraction of sp³-hybridized carbons (Fsp3) is 0.618. The van der Waals surface area contributed by atoms with Crippen molar-refractivity contribution in [2.75, 3.05) is 13.1 Å². The molecule has 0 spiro atoms. The van der Waals surface area contributed by atoms with Crippen molar-refractivity contribution >= 4 is 41.4 Å². The Morgan fingerprint density at radius 3 is 1.94 bits per heavy atom. The first-order valence-electron chi connectivity index (χ1n) is 16.4. The number of nitrogens with zero attached hydrogens (tertiary/aromatic N) is 2. The predicted molar refractivity (Wildman–Crippen MR) is 173 cm³/mol. The van der Waals surface area contributed by atoms with Gasteiger partial charge in [-0.2, -0.15) is 0 Å². The molecular formula is C34H48N6O7. The summed E-state index contributed by atoms with van der Waals surface area (Å²) >= 11 is 0. The quantitative estimate of drug-likeness (QED) is 0.208. The van der Waals surface area contributed by atoms with Crippen LogP contribution in [0.2, 0.25) is 0 Å². The van der Waals surface area contributed by atoms with Gasteiger partial charge in [-0.05, 0) is 48.1 Å². The van der Waals surface area contributed by atoms with E-state index in [-0.39, 0.29) is 19.0 Å². The van der Waals surface area contributed by atoms with Crippen molar-refractivity contribution < 1.29 is 33.6 Å². The maximum Gasteiger partial charge on any atom is 0.315 e. The van der Waals surface area contributed by atoms with Crippen LogP contribution in [-0.2, 0) is 19.2 Å². The molecule has 1 aromatic carbocycles. The minimum Gasteiger partial charge on any atom is -0.363 e. The highest BCUT2D eigenvalue weighted by Crippen LogP contribution is 2.32. The lowest BCUT2D eigenvalue weighted by atomic mass is 9.80. The summed E-state index contributed by atoms with van der Waals surface area (Å²) in [6.45, 7) is 11.2. The van der Waals surface area contributed by atoms with Gasteiger partial charge in [-0.15, -0.1) is 0 Å². The van der Waals surface area contributed by atoms with Crippen LogP contribution in [0, 0.1) is 16.7 Å². The van der Waals surface area contributed by atoms with Crippen molar-refractivity contribution in [2.24, 2.45) is 22.5 Å². The number of fused-ring (bicyclic) bond motifs is 1. The largest absolute Gasteiger partial charge is 0.363 e. The Morgan fingerprint density at radius 2 is 1.45 bits per heavy atom. The second kappa shape index (κ2) is 13.8. The van der Waals surface area contributed by atoms with E-state index in [4.69, 9.17) is 5.73 Å². The van der Waals surface area contributed by atoms with Crippen LogP contribution in [0.4, 0.5) is 4.79 Å². The minimum atomic E-state index is -1.12. The number of rotatable bonds is 11. The molecule has 7 amide bonds. The van der Waals surface area contributed by atoms with Crippen molar-refractivity contribution in [3.05, 3.63) is 35.4 Å². The highest BCUT2D eigenvalue weighted by molar-refractivity contribution is 6.37. The molecule has 4 rings (SSSR count). The molecule has 1 saturated heterocycles. The van der Waals surface area contributed by atoms with E-state index in [2.05, 4.69) is 16.0 Å². The molecule has 3 aliphatic rings. The Balaban J connectivity index is 1.46. The molecule has 0 radical (unpaired) electrons. The van der Waals surface area contributed by atoms with Crippen LogP contribution in [0.1, 0.15) is 101 Å². The third-order valence-electron chi connectivity index (χ3n) is 9.49. The summed E-state index contributed by atoms with van der Waals surface area (Å²) in [4.78, 5) is 93.9. The van der Waals surface area contributed by atoms with E-state index in [1.54, 1.807) is 45.0 Å². The van der Waals surface area contributed by atoms with E-state index < -0.39 is 76.3 Å². The van der Waals surface area contributed by atoms with Crippen LogP contribution in [0.3, 0.4) is 0 Å². The number of nitrogens with one attached hydrogen (secondary N) is 3. The summed E-state index contributed by atoms with van der Waals surface area (Å²) < 4.78 is 0. The normalized spacial score (nSPS) is 20.2. The van der Waals surface area contributed by atoms with Gasteiger partial charge in [-0.25, -0.2) is 4.79 Å². The Bertz CT molecular complexity index is 1410. The van der Waals surface area contributed by atoms with E-state index in [1.807, 2.05) is 20.8 Å². The number of primary amides is 1. The number of hydrogen-bond donors (Lipinski definition) is 4. The second-order valence-electron chi connectivity index (χ2n) is 15.1. The van der Waals surface area contributed by atoms with Crippen LogP contribution in [0.5, 0.6) is 0 Å². The molecule has 13 nitrogen and oxygen atoms in total. The summed E-state index contributed by atoms with van der Waals surface area (Å²) in [5, 5.41) is 8.37. The molecule has 1 saturated carbocycles. The lowest BCUT2D eigenvalue weighted by Gasteiger charge is -2.37. The Kier molecular flexibility index (Phi) is 10.5. The standard InChI is InChI=1S/C34H48N6O7/c1-33(2,3)24(18-40-29(44)20-13-7-8-14-21(20)30(40)45)37-32(47)38-26(34(4,5)6)31(46)39-16-10-15-23(39)28(43)36-22(25(41)27(35)42)17-19-11-9-12-19/h7-8,13-14,19,22-24,26H,9-12,15-18H2,1-6H3,(H2,35,42)(H,36,43)(H2,37,38,47)/t22?,23?,24-,26?/m1/s1. The molecule has 13 heteroatoms. The monoisotopic (exact) mass is 652 g/mol. The Morgan fingerprint density at radius 1 is 0.851 bits per heavy atom. The summed E-state index contributed by atoms with van der Waals surface area (Å²) in [7, 11) is 0. The molecule has 256 valence electrons. The van der Waals surface area contributed by atoms with Crippen LogP contribution >= 0.6 is 0 Å². The SMILES string of the molecule is CC(C)(C)C(NC(=O)N[C@H](CN1C(=O)c2ccccc2C1=O)C(C)(C)C)C(=O)N1CCCC1C(=O)NC(CC1CCC1)C(=O)C(N)=O. The number of hydrogen-bond acceptors (Lipinski definition) is 7. The van der Waals surface area contributed by atoms with E-state index in [1.165, 1.54) is 4.90 Å². The number of carbonyl (C=O) groups excluding carboxylic acids is 7. The minimum absolute atomic E-state index is 0.0716. The molecule has 2 heterocycles. The Hall–Kier alpha value is -4.29. The van der Waals surface area contributed by atoms with Crippen molar-refractivity contribution in [2.45, 2.75) is 104 Å². The average Bonchev–Trinajstić information content (AvgIpc) is 3.55. The van der Waals surface area contributed by atoms with Gasteiger partial charge in [-0.3, -0.25) is 33.7 Å². The van der Waals surface area contributed by atoms with Crippen molar-refractivity contribution in [1.82, 2.24) is 25.8 Å². The van der Waals surface area contributed by atoms with Crippen LogP contribution < -0.4 is 21.7 Å². The molecule has 0 bridgehead atoms. The lowest BCUT2D eigenvalue weighted by Crippen LogP contribution is -2.62. The summed E-state index contributed by atoms with van der Waals surface area (Å²) in [5.41, 5.74) is 4.54. The summed E-state index contributed by atoms with van der Waals surface area (Å²) in [6.07, 6.45) is 4.04. The van der Waals surface area contributed by atoms with Crippen molar-refractivity contribution in [1.29, 1.82) is 0 Å². The number of nitrogens with two attached hydrogens (primary N) is 1. The number of ketones is 1. The van der Waals surface area contributed by atoms with Gasteiger partial charge < -0.3 is 26.6 Å². The zero-order chi connectivity index (χ0) is 34.8. The fourth-order valence-corrected chi connectivity index (χ4v) is 6.31. The molecular weight excluding hydrogens is 604 g/mol. The number of imide groups is 1. The van der Waals surface area contributed by atoms with Gasteiger partial charge in [0.25, 0.3) is 17.7 Å². The van der Waals surface area contributed by atoms with Gasteiger partial charge in [0.05, 0.1) is 29.8 Å². The molecule has 1 aromatic rings. The smallest absolute Gasteiger partial charge is 0.315 e. The molecule has 2 fully saturated rings. The number of carbonyl (C=O) groups is 7. The van der Waals surface area contributed by atoms with Gasteiger partial charge in [0, 0.05) is 6.54 Å². The molecule has 47 heavy (non-hydrogen) atoms. The van der Waals surface area contributed by atoms with Crippen LogP contribution in [-0.4, -0.2) is 88.4 Å². The van der Waals surface area contributed by atoms with Gasteiger partial charge in [0.2, 0.25) is 17.6 Å². The first kappa shape index (κ1) is 35.6. The summed E-state index contributed by atoms with van der Waals surface area (Å²) in [5.74, 6) is -3.64. The Labute approximate surface area is 275 Å². The number of amides is 7. The van der Waals surface area contributed by atoms with Gasteiger partial charge >= 0.3 is 6.03 Å². The number of benzene rings is 1. The van der Waals surface area contributed by atoms with E-state index in [0.717, 1.165) is 24.2 Å². The van der Waals surface area contributed by atoms with E-state index >= 15 is 0 Å². The summed E-state index contributed by atoms with van der Waals surface area (Å²) in [6, 6.07) is 2.24. The maximum atomic E-state index is 14.0. The van der Waals surface area contributed by atoms with Crippen LogP contribution in [0.25, 0.3) is 0 Å². The first-order chi connectivity index (χ1) is 21.9. The zero-order valence-electron chi connectivity index (χ0n) is 28.2. The fourth-order valence-electron chi connectivity index (χ4n) is 6.31. The number of Topliss-reactive ketones (excluding diaryl/α,β-unsaturated/α-hetero) is 1. The predicted octanol–water partition coefficient (Wildman–Crippen LogP) is 2.13. The zero-order valence-corrected chi connectivity index (χ0v) is 28.2. The highest BCUT2D eigenvalue weighted by atomic mass is 16.2. The first-order valence-corrected chi connectivity index (χ1v) is 16.4. The highest BCUT2D eigenvalue weighted by Gasteiger charge is 2.44. The second-order valence-corrected chi connectivity index (χ2v) is 15.1. The topological polar surface area (TPSA) is 188 Å². The third-order valence-corrected chi connectivity index (χ3v) is 9.49. The molecule has 0 aromatic heterocycles. The number of urea groups is 1. The molecule has 3 unspecified atom stereocenters. The third kappa shape index (κ3) is 7.99. The van der Waals surface area contributed by atoms with Gasteiger partial charge in [0.15, 0.2) is 0 Å². The van der Waals surface area contributed by atoms with Crippen molar-refractivity contribution in [3.8, 4) is 0 Å². The van der Waals surface area contributed by atoms with Crippen LogP contribution in [0.15, 0.2) is 24.3 Å². The lowest BCUT2D eigenvalue weighted by molar-refractivity contribution is -0.143. The van der Waals surface area contributed by atoms with Gasteiger partial charge in [-0.1, -0.05) is 72.9 Å². The van der Waals surface area contributed by atoms with Crippen molar-refractivity contribution in [3.63, 3.8) is 0 Å². The van der Waals surface area contributed by atoms with E-state index in [9.17, 15) is 33.6 Å². The molecule has 2 aliphatic heterocycles. The average molecular weight is 653 g/mol.